The molecule has 59 heavy (non-hydrogen) atoms. The van der Waals surface area contributed by atoms with Crippen molar-refractivity contribution in [2.75, 3.05) is 26.4 Å². The van der Waals surface area contributed by atoms with E-state index in [9.17, 15) is 19.0 Å². The van der Waals surface area contributed by atoms with Gasteiger partial charge in [0.25, 0.3) is 0 Å². The number of rotatable bonds is 39. The highest BCUT2D eigenvalue weighted by atomic mass is 31.2. The van der Waals surface area contributed by atoms with Crippen molar-refractivity contribution in [3.05, 3.63) is 122 Å². The lowest BCUT2D eigenvalue weighted by atomic mass is 10.1. The Morgan fingerprint density at radius 1 is 0.525 bits per heavy atom. The summed E-state index contributed by atoms with van der Waals surface area (Å²) in [5.74, 6) is -0.977. The molecule has 2 atom stereocenters. The molecule has 0 fully saturated rings. The summed E-state index contributed by atoms with van der Waals surface area (Å²) in [7, 11) is -4.42. The standard InChI is InChI=1S/C49H78NO8P/c1-3-5-7-9-11-13-15-17-19-21-23-25-27-29-31-33-35-37-39-41-48(51)55-45-47(46-57-59(53,54)56-44-43-50)58-49(52)42-40-38-36-34-32-30-28-26-24-22-20-18-16-14-12-10-8-6-4-2/h5,7,11-14,17-20,23-26,29-32,36,38,47H,3-4,6,8-10,15-16,21-22,27-28,33-35,37,39-46,50H2,1-2H3,(H,53,54). The van der Waals surface area contributed by atoms with Gasteiger partial charge in [-0.1, -0.05) is 155 Å². The maximum Gasteiger partial charge on any atom is 0.472 e. The number of hydrogen-bond acceptors (Lipinski definition) is 8. The van der Waals surface area contributed by atoms with Crippen molar-refractivity contribution in [3.8, 4) is 0 Å². The normalized spacial score (nSPS) is 14.4. The van der Waals surface area contributed by atoms with Crippen LogP contribution in [0, 0.1) is 0 Å². The first-order valence-electron chi connectivity index (χ1n) is 22.0. The lowest BCUT2D eigenvalue weighted by Crippen LogP contribution is -2.29. The molecule has 9 nitrogen and oxygen atoms in total. The van der Waals surface area contributed by atoms with E-state index in [1.54, 1.807) is 0 Å². The average molecular weight is 840 g/mol. The molecule has 0 bridgehead atoms. The Bertz CT molecular complexity index is 1370. The topological polar surface area (TPSA) is 134 Å². The molecule has 0 rings (SSSR count). The molecule has 10 heteroatoms. The molecule has 0 aliphatic carbocycles. The third-order valence-electron chi connectivity index (χ3n) is 8.35. The van der Waals surface area contributed by atoms with Gasteiger partial charge in [0.15, 0.2) is 6.10 Å². The first-order valence-corrected chi connectivity index (χ1v) is 23.5. The molecule has 0 heterocycles. The fraction of sp³-hybridized carbons (Fsp3) is 0.551. The van der Waals surface area contributed by atoms with Gasteiger partial charge in [-0.15, -0.1) is 0 Å². The number of phosphoric ester groups is 1. The first kappa shape index (κ1) is 55.4. The Hall–Kier alpha value is -3.59. The quantitative estimate of drug-likeness (QED) is 0.0268. The minimum absolute atomic E-state index is 0.0299. The van der Waals surface area contributed by atoms with E-state index in [0.29, 0.717) is 12.8 Å². The van der Waals surface area contributed by atoms with Crippen LogP contribution < -0.4 is 5.73 Å². The van der Waals surface area contributed by atoms with E-state index in [1.807, 2.05) is 12.2 Å². The average Bonchev–Trinajstić information content (AvgIpc) is 3.22. The molecule has 0 saturated heterocycles. The van der Waals surface area contributed by atoms with Crippen molar-refractivity contribution >= 4 is 19.8 Å². The Labute approximate surface area is 358 Å². The number of carbonyl (C=O) groups excluding carboxylic acids is 2. The van der Waals surface area contributed by atoms with E-state index in [4.69, 9.17) is 24.3 Å². The van der Waals surface area contributed by atoms with E-state index in [0.717, 1.165) is 77.0 Å². The Morgan fingerprint density at radius 2 is 0.966 bits per heavy atom. The van der Waals surface area contributed by atoms with Crippen LogP contribution in [0.5, 0.6) is 0 Å². The van der Waals surface area contributed by atoms with Gasteiger partial charge in [-0.3, -0.25) is 18.6 Å². The zero-order valence-electron chi connectivity index (χ0n) is 36.4. The highest BCUT2D eigenvalue weighted by Gasteiger charge is 2.25. The molecule has 3 N–H and O–H groups in total. The van der Waals surface area contributed by atoms with Gasteiger partial charge in [-0.2, -0.15) is 0 Å². The molecule has 0 aromatic rings. The van der Waals surface area contributed by atoms with E-state index in [-0.39, 0.29) is 32.6 Å². The van der Waals surface area contributed by atoms with Gasteiger partial charge < -0.3 is 20.1 Å². The molecule has 0 amide bonds. The fourth-order valence-electron chi connectivity index (χ4n) is 5.11. The minimum atomic E-state index is -4.42. The predicted molar refractivity (Wildman–Crippen MR) is 247 cm³/mol. The summed E-state index contributed by atoms with van der Waals surface area (Å²) in [5, 5.41) is 0. The van der Waals surface area contributed by atoms with Crippen molar-refractivity contribution in [1.82, 2.24) is 0 Å². The summed E-state index contributed by atoms with van der Waals surface area (Å²) >= 11 is 0. The van der Waals surface area contributed by atoms with Crippen LogP contribution in [0.4, 0.5) is 0 Å². The number of esters is 2. The van der Waals surface area contributed by atoms with Crippen molar-refractivity contribution in [2.24, 2.45) is 5.73 Å². The summed E-state index contributed by atoms with van der Waals surface area (Å²) in [5.41, 5.74) is 5.34. The number of allylic oxidation sites excluding steroid dienone is 20. The third kappa shape index (κ3) is 43.8. The van der Waals surface area contributed by atoms with E-state index in [1.165, 1.54) is 25.7 Å². The second kappa shape index (κ2) is 44.0. The van der Waals surface area contributed by atoms with Crippen LogP contribution in [0.15, 0.2) is 122 Å². The van der Waals surface area contributed by atoms with Crippen LogP contribution in [0.2, 0.25) is 0 Å². The van der Waals surface area contributed by atoms with Gasteiger partial charge in [0, 0.05) is 19.4 Å². The summed E-state index contributed by atoms with van der Waals surface area (Å²) in [4.78, 5) is 34.9. The van der Waals surface area contributed by atoms with Crippen LogP contribution >= 0.6 is 7.82 Å². The summed E-state index contributed by atoms with van der Waals surface area (Å²) in [6, 6.07) is 0. The van der Waals surface area contributed by atoms with Crippen LogP contribution in [0.1, 0.15) is 142 Å². The molecule has 0 aromatic heterocycles. The van der Waals surface area contributed by atoms with Crippen LogP contribution in [0.25, 0.3) is 0 Å². The second-order valence-electron chi connectivity index (χ2n) is 13.8. The molecule has 2 unspecified atom stereocenters. The van der Waals surface area contributed by atoms with Gasteiger partial charge in [-0.05, 0) is 96.3 Å². The maximum atomic E-state index is 12.6. The van der Waals surface area contributed by atoms with Crippen molar-refractivity contribution in [3.63, 3.8) is 0 Å². The highest BCUT2D eigenvalue weighted by Crippen LogP contribution is 2.43. The lowest BCUT2D eigenvalue weighted by molar-refractivity contribution is -0.161. The van der Waals surface area contributed by atoms with Crippen molar-refractivity contribution < 1.29 is 37.6 Å². The molecule has 332 valence electrons. The third-order valence-corrected chi connectivity index (χ3v) is 9.33. The Balaban J connectivity index is 4.37. The molecule has 0 aliphatic rings. The van der Waals surface area contributed by atoms with Crippen molar-refractivity contribution in [1.29, 1.82) is 0 Å². The van der Waals surface area contributed by atoms with Crippen LogP contribution in [-0.4, -0.2) is 49.3 Å². The van der Waals surface area contributed by atoms with Crippen LogP contribution in [0.3, 0.4) is 0 Å². The molecular formula is C49H78NO8P. The predicted octanol–water partition coefficient (Wildman–Crippen LogP) is 12.9. The maximum absolute atomic E-state index is 12.6. The zero-order valence-corrected chi connectivity index (χ0v) is 37.3. The minimum Gasteiger partial charge on any atom is -0.462 e. The highest BCUT2D eigenvalue weighted by molar-refractivity contribution is 7.47. The lowest BCUT2D eigenvalue weighted by Gasteiger charge is -2.19. The van der Waals surface area contributed by atoms with Gasteiger partial charge >= 0.3 is 19.8 Å². The van der Waals surface area contributed by atoms with Gasteiger partial charge in [0.2, 0.25) is 0 Å². The largest absolute Gasteiger partial charge is 0.472 e. The number of hydrogen-bond donors (Lipinski definition) is 2. The Kier molecular flexibility index (Phi) is 41.3. The number of carbonyl (C=O) groups is 2. The molecule has 0 aliphatic heterocycles. The van der Waals surface area contributed by atoms with Crippen LogP contribution in [-0.2, 0) is 32.7 Å². The summed E-state index contributed by atoms with van der Waals surface area (Å²) < 4.78 is 32.7. The molecule has 0 radical (unpaired) electrons. The smallest absolute Gasteiger partial charge is 0.462 e. The molecule has 0 saturated carbocycles. The van der Waals surface area contributed by atoms with Gasteiger partial charge in [-0.25, -0.2) is 4.57 Å². The fourth-order valence-corrected chi connectivity index (χ4v) is 5.88. The number of unbranched alkanes of at least 4 members (excludes halogenated alkanes) is 6. The summed E-state index contributed by atoms with van der Waals surface area (Å²) in [6.07, 6.45) is 59.6. The zero-order chi connectivity index (χ0) is 43.2. The van der Waals surface area contributed by atoms with E-state index >= 15 is 0 Å². The molecule has 0 spiro atoms. The number of ether oxygens (including phenoxy) is 2. The molecular weight excluding hydrogens is 762 g/mol. The number of nitrogens with two attached hydrogens (primary N) is 1. The molecule has 0 aromatic carbocycles. The van der Waals surface area contributed by atoms with Gasteiger partial charge in [0.1, 0.15) is 6.61 Å². The van der Waals surface area contributed by atoms with E-state index in [2.05, 4.69) is 123 Å². The number of phosphoric acid groups is 1. The van der Waals surface area contributed by atoms with Gasteiger partial charge in [0.05, 0.1) is 13.2 Å². The Morgan fingerprint density at radius 3 is 1.42 bits per heavy atom. The summed E-state index contributed by atoms with van der Waals surface area (Å²) in [6.45, 7) is 3.43. The monoisotopic (exact) mass is 840 g/mol. The van der Waals surface area contributed by atoms with E-state index < -0.39 is 32.5 Å². The van der Waals surface area contributed by atoms with Crippen molar-refractivity contribution in [2.45, 2.75) is 148 Å². The SMILES string of the molecule is CCC=CCC=CCC=CCC=CCC=CCCCCCC(=O)OCC(COP(=O)(O)OCCN)OC(=O)CCC=CCC=CCC=CCC=CCC=CCCCCC. The second-order valence-corrected chi connectivity index (χ2v) is 15.3. The first-order chi connectivity index (χ1) is 28.8.